The van der Waals surface area contributed by atoms with Gasteiger partial charge in [0.1, 0.15) is 5.69 Å². The third kappa shape index (κ3) is 3.57. The third-order valence-electron chi connectivity index (χ3n) is 2.46. The van der Waals surface area contributed by atoms with Gasteiger partial charge in [-0.15, -0.1) is 0 Å². The highest BCUT2D eigenvalue weighted by atomic mass is 127. The van der Waals surface area contributed by atoms with E-state index >= 15 is 0 Å². The summed E-state index contributed by atoms with van der Waals surface area (Å²) in [5.74, 6) is -0.247. The maximum absolute atomic E-state index is 12.0. The molecule has 0 unspecified atom stereocenters. The van der Waals surface area contributed by atoms with Gasteiger partial charge in [-0.3, -0.25) is 4.79 Å². The number of carbonyl (C=O) groups excluding carboxylic acids is 1. The van der Waals surface area contributed by atoms with E-state index in [1.165, 1.54) is 0 Å². The molecule has 19 heavy (non-hydrogen) atoms. The van der Waals surface area contributed by atoms with Crippen molar-refractivity contribution in [3.8, 4) is 0 Å². The van der Waals surface area contributed by atoms with E-state index in [2.05, 4.69) is 38.2 Å². The highest BCUT2D eigenvalue weighted by molar-refractivity contribution is 14.1. The SMILES string of the molecule is CNc1ccc(C(=O)Nc2ccc(Cl)cc2I)nc1. The van der Waals surface area contributed by atoms with Gasteiger partial charge in [-0.1, -0.05) is 11.6 Å². The summed E-state index contributed by atoms with van der Waals surface area (Å²) >= 11 is 7.99. The summed E-state index contributed by atoms with van der Waals surface area (Å²) in [5.41, 5.74) is 1.94. The number of anilines is 2. The molecule has 0 spiro atoms. The van der Waals surface area contributed by atoms with E-state index in [1.54, 1.807) is 43.6 Å². The normalized spacial score (nSPS) is 10.1. The van der Waals surface area contributed by atoms with Gasteiger partial charge in [-0.25, -0.2) is 4.98 Å². The van der Waals surface area contributed by atoms with Crippen LogP contribution in [0.4, 0.5) is 11.4 Å². The van der Waals surface area contributed by atoms with Crippen LogP contribution in [0, 0.1) is 3.57 Å². The number of hydrogen-bond donors (Lipinski definition) is 2. The molecule has 1 aromatic carbocycles. The summed E-state index contributed by atoms with van der Waals surface area (Å²) in [6.07, 6.45) is 1.61. The van der Waals surface area contributed by atoms with E-state index in [4.69, 9.17) is 11.6 Å². The Morgan fingerprint density at radius 3 is 2.68 bits per heavy atom. The first-order valence-corrected chi connectivity index (χ1v) is 6.96. The molecule has 1 aromatic heterocycles. The Kier molecular flexibility index (Phi) is 4.60. The van der Waals surface area contributed by atoms with Crippen LogP contribution in [-0.2, 0) is 0 Å². The molecule has 0 saturated carbocycles. The molecule has 0 aliphatic carbocycles. The molecule has 0 fully saturated rings. The summed E-state index contributed by atoms with van der Waals surface area (Å²) in [5, 5.41) is 6.39. The fourth-order valence-electron chi connectivity index (χ4n) is 1.45. The quantitative estimate of drug-likeness (QED) is 0.791. The Labute approximate surface area is 129 Å². The van der Waals surface area contributed by atoms with Gasteiger partial charge in [-0.2, -0.15) is 0 Å². The van der Waals surface area contributed by atoms with Crippen LogP contribution in [0.3, 0.4) is 0 Å². The minimum atomic E-state index is -0.247. The van der Waals surface area contributed by atoms with Crippen LogP contribution in [-0.4, -0.2) is 17.9 Å². The Morgan fingerprint density at radius 1 is 1.32 bits per heavy atom. The first-order chi connectivity index (χ1) is 9.10. The zero-order valence-electron chi connectivity index (χ0n) is 10.1. The number of amides is 1. The van der Waals surface area contributed by atoms with E-state index in [9.17, 15) is 4.79 Å². The average Bonchev–Trinajstić information content (AvgIpc) is 2.42. The smallest absolute Gasteiger partial charge is 0.274 e. The molecule has 2 aromatic rings. The van der Waals surface area contributed by atoms with E-state index in [-0.39, 0.29) is 5.91 Å². The third-order valence-corrected chi connectivity index (χ3v) is 3.59. The van der Waals surface area contributed by atoms with Crippen molar-refractivity contribution in [2.75, 3.05) is 17.7 Å². The van der Waals surface area contributed by atoms with E-state index < -0.39 is 0 Å². The zero-order valence-corrected chi connectivity index (χ0v) is 13.0. The number of aromatic nitrogens is 1. The van der Waals surface area contributed by atoms with Crippen molar-refractivity contribution in [3.63, 3.8) is 0 Å². The standard InChI is InChI=1S/C13H11ClIN3O/c1-16-9-3-5-12(17-7-9)13(19)18-11-4-2-8(14)6-10(11)15/h2-7,16H,1H3,(H,18,19). The first-order valence-electron chi connectivity index (χ1n) is 5.50. The van der Waals surface area contributed by atoms with Gasteiger partial charge in [0.15, 0.2) is 0 Å². The van der Waals surface area contributed by atoms with Crippen LogP contribution in [0.2, 0.25) is 5.02 Å². The highest BCUT2D eigenvalue weighted by Crippen LogP contribution is 2.22. The maximum Gasteiger partial charge on any atom is 0.274 e. The largest absolute Gasteiger partial charge is 0.387 e. The second-order valence-corrected chi connectivity index (χ2v) is 5.36. The number of nitrogens with one attached hydrogen (secondary N) is 2. The number of benzene rings is 1. The lowest BCUT2D eigenvalue weighted by molar-refractivity contribution is 0.102. The summed E-state index contributed by atoms with van der Waals surface area (Å²) in [4.78, 5) is 16.1. The Bertz CT molecular complexity index is 601. The predicted octanol–water partition coefficient (Wildman–Crippen LogP) is 3.63. The van der Waals surface area contributed by atoms with Gasteiger partial charge < -0.3 is 10.6 Å². The van der Waals surface area contributed by atoms with Crippen LogP contribution in [0.1, 0.15) is 10.5 Å². The molecule has 2 N–H and O–H groups in total. The molecule has 0 aliphatic rings. The molecule has 98 valence electrons. The van der Waals surface area contributed by atoms with Crippen LogP contribution in [0.25, 0.3) is 0 Å². The summed E-state index contributed by atoms with van der Waals surface area (Å²) < 4.78 is 0.880. The van der Waals surface area contributed by atoms with E-state index in [1.807, 2.05) is 0 Å². The molecule has 0 saturated heterocycles. The minimum Gasteiger partial charge on any atom is -0.387 e. The summed E-state index contributed by atoms with van der Waals surface area (Å²) in [7, 11) is 1.80. The Balaban J connectivity index is 2.15. The molecule has 0 radical (unpaired) electrons. The van der Waals surface area contributed by atoms with Crippen LogP contribution < -0.4 is 10.6 Å². The Hall–Kier alpha value is -1.34. The van der Waals surface area contributed by atoms with Crippen LogP contribution >= 0.6 is 34.2 Å². The lowest BCUT2D eigenvalue weighted by Gasteiger charge is -2.07. The van der Waals surface area contributed by atoms with Crippen molar-refractivity contribution >= 4 is 51.5 Å². The Morgan fingerprint density at radius 2 is 2.11 bits per heavy atom. The molecule has 0 bridgehead atoms. The molecular weight excluding hydrogens is 377 g/mol. The second-order valence-electron chi connectivity index (χ2n) is 3.76. The molecule has 1 heterocycles. The van der Waals surface area contributed by atoms with Crippen molar-refractivity contribution in [2.24, 2.45) is 0 Å². The van der Waals surface area contributed by atoms with Crippen LogP contribution in [0.5, 0.6) is 0 Å². The summed E-state index contributed by atoms with van der Waals surface area (Å²) in [6, 6.07) is 8.76. The minimum absolute atomic E-state index is 0.247. The molecule has 1 amide bonds. The predicted molar refractivity (Wildman–Crippen MR) is 85.9 cm³/mol. The number of rotatable bonds is 3. The van der Waals surface area contributed by atoms with Crippen molar-refractivity contribution in [1.29, 1.82) is 0 Å². The van der Waals surface area contributed by atoms with E-state index in [0.29, 0.717) is 10.7 Å². The van der Waals surface area contributed by atoms with Gasteiger partial charge in [-0.05, 0) is 52.9 Å². The molecule has 0 atom stereocenters. The van der Waals surface area contributed by atoms with E-state index in [0.717, 1.165) is 14.9 Å². The topological polar surface area (TPSA) is 54.0 Å². The molecule has 0 aliphatic heterocycles. The van der Waals surface area contributed by atoms with Crippen molar-refractivity contribution in [1.82, 2.24) is 4.98 Å². The van der Waals surface area contributed by atoms with Crippen molar-refractivity contribution < 1.29 is 4.79 Å². The average molecular weight is 388 g/mol. The van der Waals surface area contributed by atoms with Gasteiger partial charge in [0.05, 0.1) is 17.6 Å². The number of carbonyl (C=O) groups is 1. The molecule has 4 nitrogen and oxygen atoms in total. The van der Waals surface area contributed by atoms with Gasteiger partial charge >= 0.3 is 0 Å². The lowest BCUT2D eigenvalue weighted by atomic mass is 10.3. The number of halogens is 2. The highest BCUT2D eigenvalue weighted by Gasteiger charge is 2.09. The first kappa shape index (κ1) is 14.1. The van der Waals surface area contributed by atoms with Crippen molar-refractivity contribution in [2.45, 2.75) is 0 Å². The van der Waals surface area contributed by atoms with Gasteiger partial charge in [0, 0.05) is 15.6 Å². The van der Waals surface area contributed by atoms with Crippen LogP contribution in [0.15, 0.2) is 36.5 Å². The number of nitrogens with zero attached hydrogens (tertiary/aromatic N) is 1. The zero-order chi connectivity index (χ0) is 13.8. The lowest BCUT2D eigenvalue weighted by Crippen LogP contribution is -2.14. The maximum atomic E-state index is 12.0. The fourth-order valence-corrected chi connectivity index (χ4v) is 2.46. The van der Waals surface area contributed by atoms with Gasteiger partial charge in [0.25, 0.3) is 5.91 Å². The van der Waals surface area contributed by atoms with Gasteiger partial charge in [0.2, 0.25) is 0 Å². The fraction of sp³-hybridized carbons (Fsp3) is 0.0769. The number of pyridine rings is 1. The molecule has 2 rings (SSSR count). The van der Waals surface area contributed by atoms with Crippen molar-refractivity contribution in [3.05, 3.63) is 50.8 Å². The molecular formula is C13H11ClIN3O. The number of hydrogen-bond acceptors (Lipinski definition) is 3. The second kappa shape index (κ2) is 6.21. The molecule has 6 heteroatoms. The monoisotopic (exact) mass is 387 g/mol. The summed E-state index contributed by atoms with van der Waals surface area (Å²) in [6.45, 7) is 0.